The Balaban J connectivity index is 2.70. The summed E-state index contributed by atoms with van der Waals surface area (Å²) in [6, 6.07) is 5.86. The van der Waals surface area contributed by atoms with Crippen molar-refractivity contribution in [2.45, 2.75) is 33.6 Å². The van der Waals surface area contributed by atoms with Crippen LogP contribution in [0.2, 0.25) is 0 Å². The lowest BCUT2D eigenvalue weighted by atomic mass is 10.1. The standard InChI is InChI=1S/C16H25NO3/c1-5-8-13-9-10-14(15(11-13)19-4)20-12-16(18)17(6-2)7-3/h9-11H,5-8,12H2,1-4H3. The number of rotatable bonds is 8. The molecule has 0 saturated carbocycles. The van der Waals surface area contributed by atoms with E-state index in [1.165, 1.54) is 5.56 Å². The van der Waals surface area contributed by atoms with Crippen molar-refractivity contribution in [3.63, 3.8) is 0 Å². The molecule has 0 heterocycles. The molecular weight excluding hydrogens is 254 g/mol. The minimum atomic E-state index is -0.00492. The summed E-state index contributed by atoms with van der Waals surface area (Å²) in [5.41, 5.74) is 1.21. The van der Waals surface area contributed by atoms with Crippen molar-refractivity contribution < 1.29 is 14.3 Å². The van der Waals surface area contributed by atoms with E-state index in [1.807, 2.05) is 32.0 Å². The summed E-state index contributed by atoms with van der Waals surface area (Å²) >= 11 is 0. The van der Waals surface area contributed by atoms with E-state index in [-0.39, 0.29) is 12.5 Å². The van der Waals surface area contributed by atoms with E-state index in [2.05, 4.69) is 6.92 Å². The van der Waals surface area contributed by atoms with Crippen LogP contribution in [0.5, 0.6) is 11.5 Å². The minimum Gasteiger partial charge on any atom is -0.493 e. The number of benzene rings is 1. The van der Waals surface area contributed by atoms with E-state index in [9.17, 15) is 4.79 Å². The van der Waals surface area contributed by atoms with Gasteiger partial charge in [-0.2, -0.15) is 0 Å². The normalized spacial score (nSPS) is 10.2. The molecule has 0 unspecified atom stereocenters. The Kier molecular flexibility index (Phi) is 6.91. The van der Waals surface area contributed by atoms with Crippen LogP contribution in [-0.4, -0.2) is 37.6 Å². The van der Waals surface area contributed by atoms with E-state index in [4.69, 9.17) is 9.47 Å². The third-order valence-corrected chi connectivity index (χ3v) is 3.23. The zero-order valence-corrected chi connectivity index (χ0v) is 12.9. The van der Waals surface area contributed by atoms with Gasteiger partial charge in [-0.1, -0.05) is 19.4 Å². The highest BCUT2D eigenvalue weighted by molar-refractivity contribution is 5.77. The predicted molar refractivity (Wildman–Crippen MR) is 80.4 cm³/mol. The zero-order chi connectivity index (χ0) is 15.0. The highest BCUT2D eigenvalue weighted by atomic mass is 16.5. The number of ether oxygens (including phenoxy) is 2. The SMILES string of the molecule is CCCc1ccc(OCC(=O)N(CC)CC)c(OC)c1. The van der Waals surface area contributed by atoms with Gasteiger partial charge in [0.25, 0.3) is 5.91 Å². The van der Waals surface area contributed by atoms with Crippen LogP contribution >= 0.6 is 0 Å². The van der Waals surface area contributed by atoms with Crippen LogP contribution in [-0.2, 0) is 11.2 Å². The van der Waals surface area contributed by atoms with Gasteiger partial charge in [-0.25, -0.2) is 0 Å². The molecule has 0 aromatic heterocycles. The molecule has 0 atom stereocenters. The second-order valence-electron chi connectivity index (χ2n) is 4.59. The van der Waals surface area contributed by atoms with Gasteiger partial charge in [0.15, 0.2) is 18.1 Å². The molecule has 0 bridgehead atoms. The number of aryl methyl sites for hydroxylation is 1. The highest BCUT2D eigenvalue weighted by Gasteiger charge is 2.12. The molecule has 1 rings (SSSR count). The summed E-state index contributed by atoms with van der Waals surface area (Å²) in [7, 11) is 1.62. The molecule has 0 N–H and O–H groups in total. The predicted octanol–water partition coefficient (Wildman–Crippen LogP) is 2.89. The van der Waals surface area contributed by atoms with Gasteiger partial charge in [-0.05, 0) is 38.0 Å². The number of likely N-dealkylation sites (N-methyl/N-ethyl adjacent to an activating group) is 1. The Morgan fingerprint density at radius 3 is 2.40 bits per heavy atom. The van der Waals surface area contributed by atoms with E-state index in [1.54, 1.807) is 12.0 Å². The van der Waals surface area contributed by atoms with E-state index in [0.29, 0.717) is 24.6 Å². The third-order valence-electron chi connectivity index (χ3n) is 3.23. The Bertz CT molecular complexity index is 428. The molecule has 0 aliphatic rings. The lowest BCUT2D eigenvalue weighted by molar-refractivity contribution is -0.132. The lowest BCUT2D eigenvalue weighted by Crippen LogP contribution is -2.34. The summed E-state index contributed by atoms with van der Waals surface area (Å²) in [6.45, 7) is 7.50. The molecular formula is C16H25NO3. The van der Waals surface area contributed by atoms with Crippen molar-refractivity contribution in [1.29, 1.82) is 0 Å². The Morgan fingerprint density at radius 2 is 1.85 bits per heavy atom. The summed E-state index contributed by atoms with van der Waals surface area (Å²) < 4.78 is 10.9. The van der Waals surface area contributed by atoms with Crippen LogP contribution in [0.3, 0.4) is 0 Å². The summed E-state index contributed by atoms with van der Waals surface area (Å²) in [5.74, 6) is 1.30. The number of nitrogens with zero attached hydrogens (tertiary/aromatic N) is 1. The monoisotopic (exact) mass is 279 g/mol. The molecule has 4 nitrogen and oxygen atoms in total. The number of hydrogen-bond acceptors (Lipinski definition) is 3. The van der Waals surface area contributed by atoms with Crippen LogP contribution in [0.4, 0.5) is 0 Å². The van der Waals surface area contributed by atoms with Crippen molar-refractivity contribution in [2.24, 2.45) is 0 Å². The smallest absolute Gasteiger partial charge is 0.260 e. The van der Waals surface area contributed by atoms with E-state index in [0.717, 1.165) is 12.8 Å². The second kappa shape index (κ2) is 8.46. The Labute approximate surface area is 121 Å². The average molecular weight is 279 g/mol. The summed E-state index contributed by atoms with van der Waals surface area (Å²) in [4.78, 5) is 13.7. The Hall–Kier alpha value is -1.71. The first-order valence-corrected chi connectivity index (χ1v) is 7.23. The van der Waals surface area contributed by atoms with Gasteiger partial charge in [-0.3, -0.25) is 4.79 Å². The molecule has 1 aromatic carbocycles. The van der Waals surface area contributed by atoms with Gasteiger partial charge in [0.05, 0.1) is 7.11 Å². The van der Waals surface area contributed by atoms with Crippen molar-refractivity contribution in [3.8, 4) is 11.5 Å². The fraction of sp³-hybridized carbons (Fsp3) is 0.562. The average Bonchev–Trinajstić information content (AvgIpc) is 2.47. The molecule has 0 saturated heterocycles. The maximum Gasteiger partial charge on any atom is 0.260 e. The molecule has 0 spiro atoms. The first-order chi connectivity index (χ1) is 9.65. The maximum atomic E-state index is 11.9. The van der Waals surface area contributed by atoms with E-state index >= 15 is 0 Å². The Morgan fingerprint density at radius 1 is 1.15 bits per heavy atom. The minimum absolute atomic E-state index is 0.00492. The van der Waals surface area contributed by atoms with Gasteiger partial charge in [0.1, 0.15) is 0 Å². The molecule has 1 aromatic rings. The van der Waals surface area contributed by atoms with Crippen molar-refractivity contribution in [1.82, 2.24) is 4.90 Å². The molecule has 1 amide bonds. The van der Waals surface area contributed by atoms with Crippen LogP contribution in [0.25, 0.3) is 0 Å². The zero-order valence-electron chi connectivity index (χ0n) is 12.9. The molecule has 4 heteroatoms. The van der Waals surface area contributed by atoms with Crippen molar-refractivity contribution in [2.75, 3.05) is 26.8 Å². The maximum absolute atomic E-state index is 11.9. The highest BCUT2D eigenvalue weighted by Crippen LogP contribution is 2.28. The number of amides is 1. The second-order valence-corrected chi connectivity index (χ2v) is 4.59. The molecule has 0 radical (unpaired) electrons. The number of hydrogen-bond donors (Lipinski definition) is 0. The fourth-order valence-corrected chi connectivity index (χ4v) is 2.08. The number of carbonyl (C=O) groups excluding carboxylic acids is 1. The largest absolute Gasteiger partial charge is 0.493 e. The van der Waals surface area contributed by atoms with E-state index < -0.39 is 0 Å². The lowest BCUT2D eigenvalue weighted by Gasteiger charge is -2.19. The molecule has 0 aliphatic heterocycles. The van der Waals surface area contributed by atoms with Gasteiger partial charge in [0, 0.05) is 13.1 Å². The topological polar surface area (TPSA) is 38.8 Å². The van der Waals surface area contributed by atoms with Gasteiger partial charge < -0.3 is 14.4 Å². The van der Waals surface area contributed by atoms with Gasteiger partial charge >= 0.3 is 0 Å². The van der Waals surface area contributed by atoms with Crippen molar-refractivity contribution in [3.05, 3.63) is 23.8 Å². The summed E-state index contributed by atoms with van der Waals surface area (Å²) in [5, 5.41) is 0. The molecule has 20 heavy (non-hydrogen) atoms. The van der Waals surface area contributed by atoms with Crippen LogP contribution in [0, 0.1) is 0 Å². The first-order valence-electron chi connectivity index (χ1n) is 7.23. The quantitative estimate of drug-likeness (QED) is 0.734. The molecule has 0 fully saturated rings. The summed E-state index contributed by atoms with van der Waals surface area (Å²) in [6.07, 6.45) is 2.10. The van der Waals surface area contributed by atoms with Gasteiger partial charge in [-0.15, -0.1) is 0 Å². The van der Waals surface area contributed by atoms with Crippen molar-refractivity contribution >= 4 is 5.91 Å². The third kappa shape index (κ3) is 4.44. The van der Waals surface area contributed by atoms with Crippen LogP contribution in [0.15, 0.2) is 18.2 Å². The number of methoxy groups -OCH3 is 1. The fourth-order valence-electron chi connectivity index (χ4n) is 2.08. The van der Waals surface area contributed by atoms with Crippen LogP contribution in [0.1, 0.15) is 32.8 Å². The first kappa shape index (κ1) is 16.3. The molecule has 0 aliphatic carbocycles. The molecule has 112 valence electrons. The van der Waals surface area contributed by atoms with Gasteiger partial charge in [0.2, 0.25) is 0 Å². The number of carbonyl (C=O) groups is 1. The van der Waals surface area contributed by atoms with Crippen LogP contribution < -0.4 is 9.47 Å².